The Hall–Kier alpha value is -3.30. The number of nitrogens with one attached hydrogen (secondary N) is 2. The largest absolute Gasteiger partial charge is 0.444 e. The van der Waals surface area contributed by atoms with Gasteiger partial charge in [-0.15, -0.1) is 0 Å². The van der Waals surface area contributed by atoms with Gasteiger partial charge in [0.1, 0.15) is 11.6 Å². The van der Waals surface area contributed by atoms with E-state index >= 15 is 0 Å². The van der Waals surface area contributed by atoms with Gasteiger partial charge >= 0.3 is 6.09 Å². The topological polar surface area (TPSA) is 148 Å². The second kappa shape index (κ2) is 17.6. The van der Waals surface area contributed by atoms with E-state index in [2.05, 4.69) is 15.5 Å². The first-order chi connectivity index (χ1) is 22.1. The van der Waals surface area contributed by atoms with Gasteiger partial charge in [0.2, 0.25) is 11.8 Å². The van der Waals surface area contributed by atoms with Crippen LogP contribution in [0.5, 0.6) is 0 Å². The highest BCUT2D eigenvalue weighted by Crippen LogP contribution is 2.32. The van der Waals surface area contributed by atoms with Crippen LogP contribution in [0.15, 0.2) is 18.2 Å². The van der Waals surface area contributed by atoms with Crippen LogP contribution in [0, 0.1) is 0 Å². The van der Waals surface area contributed by atoms with Gasteiger partial charge in [-0.3, -0.25) is 24.6 Å². The minimum absolute atomic E-state index is 0.193. The normalized spacial score (nSPS) is 18.9. The standard InChI is InChI=1S/C32H49N5O9/c1-32(2,3)46-31(41)36-12-10-35(11-13-36)14-16-43-18-20-45-22-21-44-19-17-42-15-9-33-26-6-4-5-24-25(26)23-37(30(24)40)27-7-8-28(38)34-29(27)39/h4-6,27,33H,7-23H2,1-3H3,(H,34,38,39). The Morgan fingerprint density at radius 3 is 2.15 bits per heavy atom. The van der Waals surface area contributed by atoms with Gasteiger partial charge in [-0.2, -0.15) is 0 Å². The molecule has 3 aliphatic rings. The van der Waals surface area contributed by atoms with Crippen molar-refractivity contribution in [1.82, 2.24) is 20.0 Å². The number of carbonyl (C=O) groups excluding carboxylic acids is 4. The summed E-state index contributed by atoms with van der Waals surface area (Å²) < 4.78 is 27.9. The molecule has 0 aromatic heterocycles. The number of piperazine rings is 1. The molecule has 3 heterocycles. The zero-order valence-electron chi connectivity index (χ0n) is 27.3. The molecule has 2 fully saturated rings. The van der Waals surface area contributed by atoms with Gasteiger partial charge in [-0.1, -0.05) is 6.07 Å². The van der Waals surface area contributed by atoms with Crippen molar-refractivity contribution in [2.45, 2.75) is 51.8 Å². The minimum Gasteiger partial charge on any atom is -0.444 e. The summed E-state index contributed by atoms with van der Waals surface area (Å²) in [6.45, 7) is 14.2. The predicted octanol–water partition coefficient (Wildman–Crippen LogP) is 1.48. The molecule has 1 aromatic carbocycles. The summed E-state index contributed by atoms with van der Waals surface area (Å²) in [5, 5.41) is 5.65. The zero-order chi connectivity index (χ0) is 32.9. The lowest BCUT2D eigenvalue weighted by Gasteiger charge is -2.35. The molecule has 4 rings (SSSR count). The summed E-state index contributed by atoms with van der Waals surface area (Å²) in [5.74, 6) is -0.911. The average Bonchev–Trinajstić information content (AvgIpc) is 3.35. The number of hydrogen-bond donors (Lipinski definition) is 2. The Morgan fingerprint density at radius 1 is 0.891 bits per heavy atom. The maximum atomic E-state index is 12.9. The van der Waals surface area contributed by atoms with E-state index in [9.17, 15) is 19.2 Å². The van der Waals surface area contributed by atoms with Crippen molar-refractivity contribution < 1.29 is 42.9 Å². The number of hydrogen-bond acceptors (Lipinski definition) is 11. The van der Waals surface area contributed by atoms with E-state index in [1.807, 2.05) is 32.9 Å². The van der Waals surface area contributed by atoms with Gasteiger partial charge in [0, 0.05) is 69.0 Å². The van der Waals surface area contributed by atoms with Crippen molar-refractivity contribution in [2.24, 2.45) is 0 Å². The van der Waals surface area contributed by atoms with Crippen LogP contribution in [0.1, 0.15) is 49.5 Å². The van der Waals surface area contributed by atoms with E-state index in [0.29, 0.717) is 91.0 Å². The number of rotatable bonds is 17. The molecule has 2 saturated heterocycles. The first kappa shape index (κ1) is 35.6. The number of anilines is 1. The van der Waals surface area contributed by atoms with Crippen LogP contribution in [0.3, 0.4) is 0 Å². The van der Waals surface area contributed by atoms with Crippen molar-refractivity contribution in [3.8, 4) is 0 Å². The lowest BCUT2D eigenvalue weighted by Crippen LogP contribution is -2.52. The first-order valence-corrected chi connectivity index (χ1v) is 16.1. The predicted molar refractivity (Wildman–Crippen MR) is 168 cm³/mol. The van der Waals surface area contributed by atoms with Crippen molar-refractivity contribution in [1.29, 1.82) is 0 Å². The first-order valence-electron chi connectivity index (χ1n) is 16.1. The number of piperidine rings is 1. The van der Waals surface area contributed by atoms with Crippen LogP contribution in [-0.2, 0) is 39.8 Å². The Labute approximate surface area is 270 Å². The third-order valence-corrected chi connectivity index (χ3v) is 7.84. The second-order valence-corrected chi connectivity index (χ2v) is 12.4. The zero-order valence-corrected chi connectivity index (χ0v) is 27.3. The van der Waals surface area contributed by atoms with Gasteiger partial charge in [-0.25, -0.2) is 4.79 Å². The van der Waals surface area contributed by atoms with Gasteiger partial charge < -0.3 is 38.8 Å². The number of nitrogens with zero attached hydrogens (tertiary/aromatic N) is 3. The van der Waals surface area contributed by atoms with Crippen molar-refractivity contribution >= 4 is 29.5 Å². The Kier molecular flexibility index (Phi) is 13.6. The monoisotopic (exact) mass is 647 g/mol. The highest BCUT2D eigenvalue weighted by Gasteiger charge is 2.39. The van der Waals surface area contributed by atoms with Crippen molar-refractivity contribution in [2.75, 3.05) is 97.4 Å². The molecule has 14 heteroatoms. The molecule has 3 aliphatic heterocycles. The van der Waals surface area contributed by atoms with Crippen LogP contribution in [0.25, 0.3) is 0 Å². The fourth-order valence-corrected chi connectivity index (χ4v) is 5.45. The molecular formula is C32H49N5O9. The molecule has 0 radical (unpaired) electrons. The number of ether oxygens (including phenoxy) is 5. The second-order valence-electron chi connectivity index (χ2n) is 12.4. The molecular weight excluding hydrogens is 598 g/mol. The van der Waals surface area contributed by atoms with Gasteiger partial charge in [0.25, 0.3) is 5.91 Å². The molecule has 1 aromatic rings. The molecule has 2 N–H and O–H groups in total. The molecule has 256 valence electrons. The molecule has 0 aliphatic carbocycles. The summed E-state index contributed by atoms with van der Waals surface area (Å²) in [4.78, 5) is 54.5. The minimum atomic E-state index is -0.634. The summed E-state index contributed by atoms with van der Waals surface area (Å²) in [5.41, 5.74) is 1.78. The van der Waals surface area contributed by atoms with Crippen LogP contribution in [0.2, 0.25) is 0 Å². The summed E-state index contributed by atoms with van der Waals surface area (Å²) in [7, 11) is 0. The SMILES string of the molecule is CC(C)(C)OC(=O)N1CCN(CCOCCOCCOCCOCCNc2cccc3c2CN(C2CCC(=O)NC2=O)C3=O)CC1. The average molecular weight is 648 g/mol. The third-order valence-electron chi connectivity index (χ3n) is 7.84. The van der Waals surface area contributed by atoms with E-state index in [0.717, 1.165) is 30.9 Å². The molecule has 0 saturated carbocycles. The smallest absolute Gasteiger partial charge is 0.410 e. The summed E-state index contributed by atoms with van der Waals surface area (Å²) >= 11 is 0. The lowest BCUT2D eigenvalue weighted by molar-refractivity contribution is -0.136. The van der Waals surface area contributed by atoms with Gasteiger partial charge in [0.05, 0.1) is 52.9 Å². The van der Waals surface area contributed by atoms with Crippen molar-refractivity contribution in [3.05, 3.63) is 29.3 Å². The van der Waals surface area contributed by atoms with Gasteiger partial charge in [0.15, 0.2) is 0 Å². The fourth-order valence-electron chi connectivity index (χ4n) is 5.45. The molecule has 1 unspecified atom stereocenters. The maximum absolute atomic E-state index is 12.9. The number of carbonyl (C=O) groups is 4. The molecule has 14 nitrogen and oxygen atoms in total. The third kappa shape index (κ3) is 10.9. The highest BCUT2D eigenvalue weighted by molar-refractivity contribution is 6.06. The lowest BCUT2D eigenvalue weighted by atomic mass is 10.0. The number of imide groups is 1. The summed E-state index contributed by atoms with van der Waals surface area (Å²) in [6, 6.07) is 4.85. The maximum Gasteiger partial charge on any atom is 0.410 e. The Morgan fingerprint density at radius 2 is 1.52 bits per heavy atom. The van der Waals surface area contributed by atoms with Crippen LogP contribution in [-0.4, -0.2) is 142 Å². The van der Waals surface area contributed by atoms with E-state index in [4.69, 9.17) is 23.7 Å². The summed E-state index contributed by atoms with van der Waals surface area (Å²) in [6.07, 6.45) is 0.315. The van der Waals surface area contributed by atoms with Crippen molar-refractivity contribution in [3.63, 3.8) is 0 Å². The molecule has 46 heavy (non-hydrogen) atoms. The quantitative estimate of drug-likeness (QED) is 0.187. The Bertz CT molecular complexity index is 1180. The van der Waals surface area contributed by atoms with Crippen LogP contribution in [0.4, 0.5) is 10.5 Å². The fraction of sp³-hybridized carbons (Fsp3) is 0.688. The highest BCUT2D eigenvalue weighted by atomic mass is 16.6. The molecule has 4 amide bonds. The van der Waals surface area contributed by atoms with E-state index in [-0.39, 0.29) is 24.3 Å². The number of amides is 4. The van der Waals surface area contributed by atoms with E-state index in [1.54, 1.807) is 15.9 Å². The number of fused-ring (bicyclic) bond motifs is 1. The van der Waals surface area contributed by atoms with E-state index < -0.39 is 17.6 Å². The van der Waals surface area contributed by atoms with Gasteiger partial charge in [-0.05, 0) is 39.3 Å². The van der Waals surface area contributed by atoms with E-state index in [1.165, 1.54) is 0 Å². The molecule has 1 atom stereocenters. The molecule has 0 spiro atoms. The molecule has 0 bridgehead atoms. The Balaban J connectivity index is 0.953. The van der Waals surface area contributed by atoms with Crippen LogP contribution < -0.4 is 10.6 Å². The number of benzene rings is 1. The van der Waals surface area contributed by atoms with Crippen LogP contribution >= 0.6 is 0 Å².